The molecule has 0 saturated carbocycles. The summed E-state index contributed by atoms with van der Waals surface area (Å²) in [6.07, 6.45) is 13.3. The fourth-order valence-corrected chi connectivity index (χ4v) is 5.85. The van der Waals surface area contributed by atoms with Crippen molar-refractivity contribution in [2.45, 2.75) is 115 Å². The van der Waals surface area contributed by atoms with Gasteiger partial charge < -0.3 is 15.4 Å². The molecule has 1 aromatic rings. The number of methoxy groups -OCH3 is 1. The number of hydrogen-bond acceptors (Lipinski definition) is 8. The third-order valence-electron chi connectivity index (χ3n) is 8.00. The van der Waals surface area contributed by atoms with E-state index in [1.165, 1.54) is 29.8 Å². The summed E-state index contributed by atoms with van der Waals surface area (Å²) in [6, 6.07) is 4.78. The van der Waals surface area contributed by atoms with Gasteiger partial charge in [-0.05, 0) is 50.5 Å². The SMILES string of the molecule is COC(C)c1cc(CNC(=O)CCCCCNC(=O)CCCCCCCCCCN2C(=O)CC(SC)C2=O)ccc1[N+](=O)[O-]. The Balaban J connectivity index is 1.42. The van der Waals surface area contributed by atoms with E-state index in [-0.39, 0.29) is 34.6 Å². The second-order valence-electron chi connectivity index (χ2n) is 11.4. The van der Waals surface area contributed by atoms with Crippen molar-refractivity contribution in [3.8, 4) is 0 Å². The molecule has 0 spiro atoms. The predicted octanol–water partition coefficient (Wildman–Crippen LogP) is 5.60. The van der Waals surface area contributed by atoms with Gasteiger partial charge in [0.25, 0.3) is 5.69 Å². The number of carbonyl (C=O) groups excluding carboxylic acids is 4. The van der Waals surface area contributed by atoms with Gasteiger partial charge in [0.05, 0.1) is 21.8 Å². The minimum atomic E-state index is -0.434. The van der Waals surface area contributed by atoms with Gasteiger partial charge in [-0.15, -0.1) is 0 Å². The zero-order chi connectivity index (χ0) is 32.3. The van der Waals surface area contributed by atoms with E-state index in [9.17, 15) is 29.3 Å². The molecule has 2 N–H and O–H groups in total. The maximum absolute atomic E-state index is 12.2. The fourth-order valence-electron chi connectivity index (χ4n) is 5.21. The average molecular weight is 635 g/mol. The monoisotopic (exact) mass is 634 g/mol. The number of nitro benzene ring substituents is 1. The molecule has 4 amide bonds. The highest BCUT2D eigenvalue weighted by molar-refractivity contribution is 8.00. The molecular weight excluding hydrogens is 584 g/mol. The van der Waals surface area contributed by atoms with Gasteiger partial charge in [-0.2, -0.15) is 11.8 Å². The number of unbranched alkanes of at least 4 members (excludes halogenated alkanes) is 9. The number of amides is 4. The molecule has 0 aliphatic carbocycles. The molecule has 2 unspecified atom stereocenters. The summed E-state index contributed by atoms with van der Waals surface area (Å²) in [7, 11) is 1.50. The van der Waals surface area contributed by atoms with Crippen LogP contribution in [0, 0.1) is 10.1 Å². The van der Waals surface area contributed by atoms with Crippen molar-refractivity contribution >= 4 is 41.1 Å². The minimum absolute atomic E-state index is 0.000959. The Morgan fingerprint density at radius 1 is 0.977 bits per heavy atom. The summed E-state index contributed by atoms with van der Waals surface area (Å²) in [4.78, 5) is 60.6. The van der Waals surface area contributed by atoms with Crippen LogP contribution < -0.4 is 10.6 Å². The molecule has 1 heterocycles. The van der Waals surface area contributed by atoms with Crippen molar-refractivity contribution in [1.29, 1.82) is 0 Å². The first-order valence-electron chi connectivity index (χ1n) is 15.9. The highest BCUT2D eigenvalue weighted by Gasteiger charge is 2.37. The topological polar surface area (TPSA) is 148 Å². The van der Waals surface area contributed by atoms with E-state index in [0.29, 0.717) is 44.5 Å². The van der Waals surface area contributed by atoms with Crippen molar-refractivity contribution in [2.75, 3.05) is 26.5 Å². The van der Waals surface area contributed by atoms with Gasteiger partial charge in [-0.1, -0.05) is 51.0 Å². The van der Waals surface area contributed by atoms with Crippen LogP contribution in [0.15, 0.2) is 18.2 Å². The van der Waals surface area contributed by atoms with Crippen LogP contribution in [0.4, 0.5) is 5.69 Å². The number of imide groups is 1. The molecule has 0 aromatic heterocycles. The van der Waals surface area contributed by atoms with Crippen LogP contribution in [0.5, 0.6) is 0 Å². The molecule has 1 saturated heterocycles. The van der Waals surface area contributed by atoms with Crippen molar-refractivity contribution in [3.63, 3.8) is 0 Å². The van der Waals surface area contributed by atoms with Gasteiger partial charge in [-0.3, -0.25) is 34.2 Å². The molecule has 44 heavy (non-hydrogen) atoms. The number of nitrogens with one attached hydrogen (secondary N) is 2. The number of hydrogen-bond donors (Lipinski definition) is 2. The van der Waals surface area contributed by atoms with Crippen LogP contribution >= 0.6 is 11.8 Å². The molecule has 11 nitrogen and oxygen atoms in total. The molecule has 12 heteroatoms. The van der Waals surface area contributed by atoms with Gasteiger partial charge in [0.2, 0.25) is 23.6 Å². The highest BCUT2D eigenvalue weighted by atomic mass is 32.2. The van der Waals surface area contributed by atoms with Crippen LogP contribution in [0.1, 0.15) is 114 Å². The van der Waals surface area contributed by atoms with Gasteiger partial charge in [0.15, 0.2) is 0 Å². The number of nitrogens with zero attached hydrogens (tertiary/aromatic N) is 2. The third kappa shape index (κ3) is 13.3. The predicted molar refractivity (Wildman–Crippen MR) is 172 cm³/mol. The van der Waals surface area contributed by atoms with E-state index in [0.717, 1.165) is 76.2 Å². The standard InChI is InChI=1S/C32H50N4O7S/c1-24(43-2)26-21-25(17-18-27(26)36(41)42)23-34-30(38)16-12-10-13-19-33-29(37)15-11-8-6-4-5-7-9-14-20-35-31(39)22-28(44-3)32(35)40/h17-18,21,24,28H,4-16,19-20,22-23H2,1-3H3,(H,33,37)(H,34,38). The molecule has 246 valence electrons. The number of nitro groups is 1. The Morgan fingerprint density at radius 3 is 2.16 bits per heavy atom. The largest absolute Gasteiger partial charge is 0.377 e. The number of ether oxygens (including phenoxy) is 1. The van der Waals surface area contributed by atoms with E-state index >= 15 is 0 Å². The Kier molecular flexibility index (Phi) is 17.6. The molecule has 2 rings (SSSR count). The molecule has 1 aromatic carbocycles. The van der Waals surface area contributed by atoms with E-state index in [4.69, 9.17) is 4.74 Å². The van der Waals surface area contributed by atoms with E-state index in [1.54, 1.807) is 19.1 Å². The zero-order valence-corrected chi connectivity index (χ0v) is 27.4. The molecule has 2 atom stereocenters. The summed E-state index contributed by atoms with van der Waals surface area (Å²) in [5.74, 6) is -0.0697. The molecular formula is C32H50N4O7S. The van der Waals surface area contributed by atoms with E-state index in [1.807, 2.05) is 6.26 Å². The number of carbonyl (C=O) groups is 4. The Bertz CT molecular complexity index is 1100. The van der Waals surface area contributed by atoms with Gasteiger partial charge in [0, 0.05) is 52.1 Å². The van der Waals surface area contributed by atoms with Crippen LogP contribution in [-0.4, -0.2) is 65.2 Å². The first-order valence-corrected chi connectivity index (χ1v) is 17.2. The van der Waals surface area contributed by atoms with Gasteiger partial charge in [-0.25, -0.2) is 0 Å². The molecule has 1 aliphatic rings. The lowest BCUT2D eigenvalue weighted by Crippen LogP contribution is -2.32. The molecule has 1 aliphatic heterocycles. The number of likely N-dealkylation sites (tertiary alicyclic amines) is 1. The Morgan fingerprint density at radius 2 is 1.57 bits per heavy atom. The van der Waals surface area contributed by atoms with Crippen molar-refractivity contribution in [2.24, 2.45) is 0 Å². The normalized spacial score (nSPS) is 15.4. The third-order valence-corrected chi connectivity index (χ3v) is 8.93. The lowest BCUT2D eigenvalue weighted by Gasteiger charge is -2.14. The van der Waals surface area contributed by atoms with Crippen LogP contribution in [0.25, 0.3) is 0 Å². The quantitative estimate of drug-likeness (QED) is 0.0685. The lowest BCUT2D eigenvalue weighted by molar-refractivity contribution is -0.386. The summed E-state index contributed by atoms with van der Waals surface area (Å²) in [6.45, 7) is 3.19. The maximum Gasteiger partial charge on any atom is 0.275 e. The number of benzene rings is 1. The molecule has 0 bridgehead atoms. The fraction of sp³-hybridized carbons (Fsp3) is 0.688. The van der Waals surface area contributed by atoms with Crippen molar-refractivity contribution < 1.29 is 28.8 Å². The number of thioether (sulfide) groups is 1. The van der Waals surface area contributed by atoms with Crippen LogP contribution in [0.2, 0.25) is 0 Å². The first kappa shape index (κ1) is 37.2. The van der Waals surface area contributed by atoms with Gasteiger partial charge >= 0.3 is 0 Å². The average Bonchev–Trinajstić information content (AvgIpc) is 3.29. The number of rotatable bonds is 23. The highest BCUT2D eigenvalue weighted by Crippen LogP contribution is 2.28. The maximum atomic E-state index is 12.2. The molecule has 1 fully saturated rings. The van der Waals surface area contributed by atoms with E-state index in [2.05, 4.69) is 10.6 Å². The van der Waals surface area contributed by atoms with Crippen molar-refractivity contribution in [3.05, 3.63) is 39.4 Å². The summed E-state index contributed by atoms with van der Waals surface area (Å²) >= 11 is 1.45. The second-order valence-corrected chi connectivity index (χ2v) is 12.4. The second kappa shape index (κ2) is 20.9. The lowest BCUT2D eigenvalue weighted by atomic mass is 10.0. The summed E-state index contributed by atoms with van der Waals surface area (Å²) in [5.41, 5.74) is 1.25. The van der Waals surface area contributed by atoms with Crippen LogP contribution in [0.3, 0.4) is 0 Å². The van der Waals surface area contributed by atoms with Gasteiger partial charge in [0.1, 0.15) is 0 Å². The smallest absolute Gasteiger partial charge is 0.275 e. The van der Waals surface area contributed by atoms with Crippen molar-refractivity contribution in [1.82, 2.24) is 15.5 Å². The minimum Gasteiger partial charge on any atom is -0.377 e. The summed E-state index contributed by atoms with van der Waals surface area (Å²) in [5, 5.41) is 16.9. The zero-order valence-electron chi connectivity index (χ0n) is 26.6. The molecule has 0 radical (unpaired) electrons. The van der Waals surface area contributed by atoms with Crippen LogP contribution in [-0.2, 0) is 30.5 Å². The van der Waals surface area contributed by atoms with E-state index < -0.39 is 11.0 Å². The Hall–Kier alpha value is -2.99. The Labute approximate surface area is 265 Å². The first-order chi connectivity index (χ1) is 21.2. The summed E-state index contributed by atoms with van der Waals surface area (Å²) < 4.78 is 5.24.